The van der Waals surface area contributed by atoms with Gasteiger partial charge in [0.15, 0.2) is 5.11 Å². The maximum atomic E-state index is 5.24. The molecule has 86 valence electrons. The lowest BCUT2D eigenvalue weighted by Crippen LogP contribution is -2.42. The van der Waals surface area contributed by atoms with E-state index in [9.17, 15) is 0 Å². The van der Waals surface area contributed by atoms with Crippen molar-refractivity contribution in [3.63, 3.8) is 0 Å². The molecule has 0 unspecified atom stereocenters. The summed E-state index contributed by atoms with van der Waals surface area (Å²) in [5, 5.41) is 7.39. The highest BCUT2D eigenvalue weighted by atomic mass is 32.1. The quantitative estimate of drug-likeness (QED) is 0.571. The van der Waals surface area contributed by atoms with Crippen molar-refractivity contribution in [1.82, 2.24) is 10.6 Å². The molecular formula is C12H22N2S. The van der Waals surface area contributed by atoms with Gasteiger partial charge in [-0.2, -0.15) is 0 Å². The molecule has 2 N–H and O–H groups in total. The Bertz CT molecular complexity index is 226. The fourth-order valence-electron chi connectivity index (χ4n) is 1.83. The van der Waals surface area contributed by atoms with Crippen molar-refractivity contribution in [2.45, 2.75) is 52.0 Å². The zero-order valence-corrected chi connectivity index (χ0v) is 10.6. The Labute approximate surface area is 98.5 Å². The predicted octanol–water partition coefficient (Wildman–Crippen LogP) is 2.75. The second kappa shape index (κ2) is 6.83. The third-order valence-electron chi connectivity index (χ3n) is 2.71. The van der Waals surface area contributed by atoms with E-state index in [1.807, 2.05) is 0 Å². The van der Waals surface area contributed by atoms with Crippen LogP contribution in [0.4, 0.5) is 0 Å². The Morgan fingerprint density at radius 2 is 1.93 bits per heavy atom. The van der Waals surface area contributed by atoms with Crippen LogP contribution in [0.3, 0.4) is 0 Å². The van der Waals surface area contributed by atoms with Crippen molar-refractivity contribution >= 4 is 17.3 Å². The van der Waals surface area contributed by atoms with Crippen LogP contribution >= 0.6 is 12.2 Å². The van der Waals surface area contributed by atoms with Gasteiger partial charge in [0, 0.05) is 12.6 Å². The van der Waals surface area contributed by atoms with Crippen molar-refractivity contribution in [2.75, 3.05) is 6.54 Å². The second-order valence-electron chi connectivity index (χ2n) is 4.47. The third kappa shape index (κ3) is 5.78. The molecule has 0 radical (unpaired) electrons. The minimum absolute atomic E-state index is 0.602. The molecule has 0 aromatic carbocycles. The van der Waals surface area contributed by atoms with Crippen LogP contribution in [-0.2, 0) is 0 Å². The average Bonchev–Trinajstić information content (AvgIpc) is 2.18. The molecule has 1 fully saturated rings. The summed E-state index contributed by atoms with van der Waals surface area (Å²) in [6.45, 7) is 5.03. The van der Waals surface area contributed by atoms with Crippen molar-refractivity contribution < 1.29 is 0 Å². The normalized spacial score (nSPS) is 16.9. The first-order valence-electron chi connectivity index (χ1n) is 5.86. The molecule has 0 aliphatic heterocycles. The van der Waals surface area contributed by atoms with Gasteiger partial charge in [-0.1, -0.05) is 30.9 Å². The van der Waals surface area contributed by atoms with Crippen LogP contribution in [-0.4, -0.2) is 17.7 Å². The van der Waals surface area contributed by atoms with Crippen LogP contribution in [0, 0.1) is 0 Å². The third-order valence-corrected chi connectivity index (χ3v) is 2.98. The average molecular weight is 226 g/mol. The monoisotopic (exact) mass is 226 g/mol. The van der Waals surface area contributed by atoms with E-state index in [2.05, 4.69) is 30.6 Å². The van der Waals surface area contributed by atoms with E-state index < -0.39 is 0 Å². The van der Waals surface area contributed by atoms with Gasteiger partial charge in [0.05, 0.1) is 0 Å². The summed E-state index contributed by atoms with van der Waals surface area (Å²) in [4.78, 5) is 0. The summed E-state index contributed by atoms with van der Waals surface area (Å²) in [6.07, 6.45) is 8.75. The van der Waals surface area contributed by atoms with E-state index >= 15 is 0 Å². The molecule has 1 saturated carbocycles. The SMILES string of the molecule is CC(C)=CCNC(=S)NC1CCCCC1. The molecule has 1 aliphatic carbocycles. The summed E-state index contributed by atoms with van der Waals surface area (Å²) in [6, 6.07) is 0.602. The number of hydrogen-bond acceptors (Lipinski definition) is 1. The van der Waals surface area contributed by atoms with Crippen LogP contribution in [0.25, 0.3) is 0 Å². The van der Waals surface area contributed by atoms with Crippen molar-refractivity contribution in [3.8, 4) is 0 Å². The van der Waals surface area contributed by atoms with Crippen LogP contribution in [0.1, 0.15) is 46.0 Å². The Hall–Kier alpha value is -0.570. The molecule has 1 rings (SSSR count). The van der Waals surface area contributed by atoms with E-state index in [1.54, 1.807) is 0 Å². The number of nitrogens with one attached hydrogen (secondary N) is 2. The number of rotatable bonds is 3. The molecule has 0 atom stereocenters. The fourth-order valence-corrected chi connectivity index (χ4v) is 2.08. The molecule has 0 saturated heterocycles. The van der Waals surface area contributed by atoms with Crippen molar-refractivity contribution in [3.05, 3.63) is 11.6 Å². The van der Waals surface area contributed by atoms with Crippen molar-refractivity contribution in [2.24, 2.45) is 0 Å². The topological polar surface area (TPSA) is 24.1 Å². The Kier molecular flexibility index (Phi) is 5.69. The van der Waals surface area contributed by atoms with E-state index in [0.717, 1.165) is 11.7 Å². The van der Waals surface area contributed by atoms with Gasteiger partial charge in [0.25, 0.3) is 0 Å². The Morgan fingerprint density at radius 3 is 2.53 bits per heavy atom. The molecule has 0 amide bonds. The highest BCUT2D eigenvalue weighted by molar-refractivity contribution is 7.80. The zero-order valence-electron chi connectivity index (χ0n) is 9.81. The van der Waals surface area contributed by atoms with Crippen LogP contribution in [0.5, 0.6) is 0 Å². The summed E-state index contributed by atoms with van der Waals surface area (Å²) in [7, 11) is 0. The molecule has 0 spiro atoms. The maximum Gasteiger partial charge on any atom is 0.166 e. The molecule has 2 nitrogen and oxygen atoms in total. The van der Waals surface area contributed by atoms with Gasteiger partial charge in [-0.3, -0.25) is 0 Å². The lowest BCUT2D eigenvalue weighted by Gasteiger charge is -2.24. The molecule has 0 heterocycles. The molecule has 1 aliphatic rings. The summed E-state index contributed by atoms with van der Waals surface area (Å²) < 4.78 is 0. The Balaban J connectivity index is 2.14. The van der Waals surface area contributed by atoms with Crippen LogP contribution < -0.4 is 10.6 Å². The van der Waals surface area contributed by atoms with Gasteiger partial charge in [0.2, 0.25) is 0 Å². The van der Waals surface area contributed by atoms with Gasteiger partial charge in [0.1, 0.15) is 0 Å². The first kappa shape index (κ1) is 12.5. The van der Waals surface area contributed by atoms with Crippen LogP contribution in [0.15, 0.2) is 11.6 Å². The molecule has 0 aromatic heterocycles. The van der Waals surface area contributed by atoms with Crippen LogP contribution in [0.2, 0.25) is 0 Å². The summed E-state index contributed by atoms with van der Waals surface area (Å²) in [5.74, 6) is 0. The standard InChI is InChI=1S/C12H22N2S/c1-10(2)8-9-13-12(15)14-11-6-4-3-5-7-11/h8,11H,3-7,9H2,1-2H3,(H2,13,14,15). The van der Waals surface area contributed by atoms with E-state index in [-0.39, 0.29) is 0 Å². The zero-order chi connectivity index (χ0) is 11.1. The fraction of sp³-hybridized carbons (Fsp3) is 0.750. The molecule has 15 heavy (non-hydrogen) atoms. The lowest BCUT2D eigenvalue weighted by molar-refractivity contribution is 0.412. The smallest absolute Gasteiger partial charge is 0.166 e. The van der Waals surface area contributed by atoms with Gasteiger partial charge >= 0.3 is 0 Å². The van der Waals surface area contributed by atoms with Gasteiger partial charge in [-0.05, 0) is 38.9 Å². The van der Waals surface area contributed by atoms with E-state index in [1.165, 1.54) is 37.7 Å². The summed E-state index contributed by atoms with van der Waals surface area (Å²) in [5.41, 5.74) is 1.32. The molecule has 0 bridgehead atoms. The minimum atomic E-state index is 0.602. The minimum Gasteiger partial charge on any atom is -0.360 e. The van der Waals surface area contributed by atoms with Gasteiger partial charge in [-0.15, -0.1) is 0 Å². The number of hydrogen-bond donors (Lipinski definition) is 2. The first-order chi connectivity index (χ1) is 7.18. The lowest BCUT2D eigenvalue weighted by atomic mass is 9.96. The molecule has 3 heteroatoms. The van der Waals surface area contributed by atoms with Crippen molar-refractivity contribution in [1.29, 1.82) is 0 Å². The number of thiocarbonyl (C=S) groups is 1. The maximum absolute atomic E-state index is 5.24. The van der Waals surface area contributed by atoms with E-state index in [0.29, 0.717) is 6.04 Å². The molecule has 0 aromatic rings. The Morgan fingerprint density at radius 1 is 1.27 bits per heavy atom. The highest BCUT2D eigenvalue weighted by Gasteiger charge is 2.13. The molecular weight excluding hydrogens is 204 g/mol. The predicted molar refractivity (Wildman–Crippen MR) is 70.0 cm³/mol. The highest BCUT2D eigenvalue weighted by Crippen LogP contribution is 2.17. The number of allylic oxidation sites excluding steroid dienone is 1. The van der Waals surface area contributed by atoms with Gasteiger partial charge < -0.3 is 10.6 Å². The second-order valence-corrected chi connectivity index (χ2v) is 4.88. The first-order valence-corrected chi connectivity index (χ1v) is 6.27. The van der Waals surface area contributed by atoms with Gasteiger partial charge in [-0.25, -0.2) is 0 Å². The summed E-state index contributed by atoms with van der Waals surface area (Å²) >= 11 is 5.24. The largest absolute Gasteiger partial charge is 0.360 e. The van der Waals surface area contributed by atoms with E-state index in [4.69, 9.17) is 12.2 Å².